The molecule has 0 spiro atoms. The highest BCUT2D eigenvalue weighted by molar-refractivity contribution is 5.90. The van der Waals surface area contributed by atoms with Crippen LogP contribution in [0, 0.1) is 5.41 Å². The molecule has 0 saturated carbocycles. The predicted octanol–water partition coefficient (Wildman–Crippen LogP) is 3.07. The number of hydrogen-bond donors (Lipinski definition) is 3. The quantitative estimate of drug-likeness (QED) is 0.314. The normalized spacial score (nSPS) is 12.3. The molecule has 1 atom stereocenters. The second-order valence-electron chi connectivity index (χ2n) is 9.74. The van der Waals surface area contributed by atoms with Gasteiger partial charge in [0.05, 0.1) is 0 Å². The van der Waals surface area contributed by atoms with Crippen LogP contribution in [-0.4, -0.2) is 48.6 Å². The number of nitrogens with one attached hydrogen (secondary N) is 3. The summed E-state index contributed by atoms with van der Waals surface area (Å²) in [6.07, 6.45) is 0.502. The summed E-state index contributed by atoms with van der Waals surface area (Å²) < 4.78 is 10.3. The summed E-state index contributed by atoms with van der Waals surface area (Å²) in [5.74, 6) is -1.20. The summed E-state index contributed by atoms with van der Waals surface area (Å²) in [5, 5.41) is 7.87. The van der Waals surface area contributed by atoms with Gasteiger partial charge in [0.1, 0.15) is 24.8 Å². The topological polar surface area (TPSA) is 123 Å². The number of hydrogen-bond acceptors (Lipinski definition) is 6. The van der Waals surface area contributed by atoms with Crippen molar-refractivity contribution >= 4 is 23.9 Å². The molecule has 0 aliphatic rings. The molecular weight excluding hydrogens is 438 g/mol. The second-order valence-corrected chi connectivity index (χ2v) is 9.74. The summed E-state index contributed by atoms with van der Waals surface area (Å²) in [6, 6.07) is 8.58. The highest BCUT2D eigenvalue weighted by Crippen LogP contribution is 2.25. The minimum atomic E-state index is -0.810. The van der Waals surface area contributed by atoms with Crippen LogP contribution in [0.2, 0.25) is 0 Å². The fourth-order valence-corrected chi connectivity index (χ4v) is 2.86. The van der Waals surface area contributed by atoms with Crippen LogP contribution in [-0.2, 0) is 30.5 Å². The Hall–Kier alpha value is -3.10. The lowest BCUT2D eigenvalue weighted by atomic mass is 9.81. The molecule has 1 aromatic carbocycles. The van der Waals surface area contributed by atoms with E-state index < -0.39 is 29.1 Å². The molecule has 34 heavy (non-hydrogen) atoms. The summed E-state index contributed by atoms with van der Waals surface area (Å²) >= 11 is 0. The van der Waals surface area contributed by atoms with E-state index in [2.05, 4.69) is 16.0 Å². The van der Waals surface area contributed by atoms with Gasteiger partial charge in [0.25, 0.3) is 0 Å². The third-order valence-corrected chi connectivity index (χ3v) is 5.15. The van der Waals surface area contributed by atoms with Crippen molar-refractivity contribution in [3.63, 3.8) is 0 Å². The first-order chi connectivity index (χ1) is 15.8. The average molecular weight is 478 g/mol. The molecule has 1 rings (SSSR count). The number of rotatable bonds is 12. The van der Waals surface area contributed by atoms with E-state index in [4.69, 9.17) is 9.47 Å². The summed E-state index contributed by atoms with van der Waals surface area (Å²) in [7, 11) is 0. The van der Waals surface area contributed by atoms with Crippen molar-refractivity contribution in [2.24, 2.45) is 5.41 Å². The maximum Gasteiger partial charge on any atom is 0.408 e. The van der Waals surface area contributed by atoms with E-state index in [1.54, 1.807) is 20.8 Å². The lowest BCUT2D eigenvalue weighted by Crippen LogP contribution is -2.56. The first-order valence-corrected chi connectivity index (χ1v) is 11.6. The fraction of sp³-hybridized carbons (Fsp3) is 0.600. The SMILES string of the molecule is CCC(C)(C)[C@H](NC(=O)CNC(=O)OC(C)(C)C)C(=O)NCCCC(=O)OCc1ccccc1. The second kappa shape index (κ2) is 13.6. The number of esters is 1. The zero-order valence-electron chi connectivity index (χ0n) is 21.2. The molecule has 0 radical (unpaired) electrons. The minimum Gasteiger partial charge on any atom is -0.461 e. The van der Waals surface area contributed by atoms with E-state index in [9.17, 15) is 19.2 Å². The number of carbonyl (C=O) groups is 4. The first kappa shape index (κ1) is 28.9. The molecule has 0 heterocycles. The third-order valence-electron chi connectivity index (χ3n) is 5.15. The van der Waals surface area contributed by atoms with Gasteiger partial charge in [-0.2, -0.15) is 0 Å². The van der Waals surface area contributed by atoms with Crippen molar-refractivity contribution < 1.29 is 28.7 Å². The van der Waals surface area contributed by atoms with Gasteiger partial charge < -0.3 is 25.4 Å². The van der Waals surface area contributed by atoms with Gasteiger partial charge in [-0.05, 0) is 44.6 Å². The lowest BCUT2D eigenvalue weighted by Gasteiger charge is -2.33. The molecule has 0 bridgehead atoms. The average Bonchev–Trinajstić information content (AvgIpc) is 2.76. The van der Waals surface area contributed by atoms with Crippen molar-refractivity contribution in [2.45, 2.75) is 79.1 Å². The standard InChI is InChI=1S/C25H39N3O6/c1-7-25(5,6)21(28-19(29)16-27-23(32)34-24(2,3)4)22(31)26-15-11-14-20(30)33-17-18-12-9-8-10-13-18/h8-10,12-13,21H,7,11,14-17H2,1-6H3,(H,26,31)(H,27,32)(H,28,29)/t21-/m1/s1. The number of ether oxygens (including phenoxy) is 2. The van der Waals surface area contributed by atoms with Crippen molar-refractivity contribution in [3.8, 4) is 0 Å². The van der Waals surface area contributed by atoms with Crippen LogP contribution in [0.5, 0.6) is 0 Å². The minimum absolute atomic E-state index is 0.168. The molecule has 0 saturated heterocycles. The number of carbonyl (C=O) groups excluding carboxylic acids is 4. The third kappa shape index (κ3) is 11.7. The van der Waals surface area contributed by atoms with Crippen molar-refractivity contribution in [2.75, 3.05) is 13.1 Å². The van der Waals surface area contributed by atoms with E-state index >= 15 is 0 Å². The summed E-state index contributed by atoms with van der Waals surface area (Å²) in [5.41, 5.74) is -0.299. The van der Waals surface area contributed by atoms with Gasteiger partial charge >= 0.3 is 12.1 Å². The molecule has 0 fully saturated rings. The Labute approximate surface area is 202 Å². The highest BCUT2D eigenvalue weighted by atomic mass is 16.6. The Kier molecular flexibility index (Phi) is 11.5. The molecule has 9 heteroatoms. The van der Waals surface area contributed by atoms with Gasteiger partial charge in [-0.3, -0.25) is 14.4 Å². The van der Waals surface area contributed by atoms with Gasteiger partial charge in [0, 0.05) is 13.0 Å². The monoisotopic (exact) mass is 477 g/mol. The first-order valence-electron chi connectivity index (χ1n) is 11.6. The molecule has 9 nitrogen and oxygen atoms in total. The van der Waals surface area contributed by atoms with Crippen LogP contribution in [0.25, 0.3) is 0 Å². The van der Waals surface area contributed by atoms with E-state index in [-0.39, 0.29) is 38.0 Å². The van der Waals surface area contributed by atoms with Crippen LogP contribution >= 0.6 is 0 Å². The Morgan fingerprint density at radius 3 is 2.21 bits per heavy atom. The van der Waals surface area contributed by atoms with Gasteiger partial charge in [0.15, 0.2) is 0 Å². The van der Waals surface area contributed by atoms with Crippen LogP contribution < -0.4 is 16.0 Å². The highest BCUT2D eigenvalue weighted by Gasteiger charge is 2.35. The maximum absolute atomic E-state index is 12.8. The molecular formula is C25H39N3O6. The molecule has 3 N–H and O–H groups in total. The molecule has 0 aliphatic heterocycles. The van der Waals surface area contributed by atoms with E-state index in [1.807, 2.05) is 51.1 Å². The largest absolute Gasteiger partial charge is 0.461 e. The Morgan fingerprint density at radius 2 is 1.62 bits per heavy atom. The van der Waals surface area contributed by atoms with Gasteiger partial charge in [-0.1, -0.05) is 51.1 Å². The Bertz CT molecular complexity index is 818. The molecule has 0 aliphatic carbocycles. The molecule has 0 unspecified atom stereocenters. The number of amides is 3. The van der Waals surface area contributed by atoms with Crippen molar-refractivity contribution in [1.29, 1.82) is 0 Å². The van der Waals surface area contributed by atoms with E-state index in [0.29, 0.717) is 12.8 Å². The molecule has 190 valence electrons. The van der Waals surface area contributed by atoms with Crippen LogP contribution in [0.4, 0.5) is 4.79 Å². The fourth-order valence-electron chi connectivity index (χ4n) is 2.86. The molecule has 0 aromatic heterocycles. The predicted molar refractivity (Wildman–Crippen MR) is 129 cm³/mol. The van der Waals surface area contributed by atoms with Crippen molar-refractivity contribution in [1.82, 2.24) is 16.0 Å². The summed E-state index contributed by atoms with van der Waals surface area (Å²) in [4.78, 5) is 48.9. The number of benzene rings is 1. The Morgan fingerprint density at radius 1 is 0.971 bits per heavy atom. The molecule has 3 amide bonds. The zero-order valence-corrected chi connectivity index (χ0v) is 21.2. The smallest absolute Gasteiger partial charge is 0.408 e. The molecule has 1 aromatic rings. The lowest BCUT2D eigenvalue weighted by molar-refractivity contribution is -0.145. The van der Waals surface area contributed by atoms with Crippen LogP contribution in [0.15, 0.2) is 30.3 Å². The van der Waals surface area contributed by atoms with Gasteiger partial charge in [0.2, 0.25) is 11.8 Å². The van der Waals surface area contributed by atoms with Crippen LogP contribution in [0.3, 0.4) is 0 Å². The van der Waals surface area contributed by atoms with E-state index in [1.165, 1.54) is 0 Å². The van der Waals surface area contributed by atoms with Crippen molar-refractivity contribution in [3.05, 3.63) is 35.9 Å². The zero-order chi connectivity index (χ0) is 25.8. The van der Waals surface area contributed by atoms with Gasteiger partial charge in [-0.15, -0.1) is 0 Å². The maximum atomic E-state index is 12.8. The van der Waals surface area contributed by atoms with Gasteiger partial charge in [-0.25, -0.2) is 4.79 Å². The summed E-state index contributed by atoms with van der Waals surface area (Å²) in [6.45, 7) is 11.0. The van der Waals surface area contributed by atoms with Crippen LogP contribution in [0.1, 0.15) is 66.4 Å². The Balaban J connectivity index is 2.47. The number of alkyl carbamates (subject to hydrolysis) is 1. The van der Waals surface area contributed by atoms with E-state index in [0.717, 1.165) is 5.56 Å².